The van der Waals surface area contributed by atoms with Crippen LogP contribution in [-0.2, 0) is 11.3 Å². The minimum absolute atomic E-state index is 0.0833. The maximum absolute atomic E-state index is 12.6. The smallest absolute Gasteiger partial charge is 0.373 e. The predicted octanol–water partition coefficient (Wildman–Crippen LogP) is 0.705. The minimum atomic E-state index is -0.689. The van der Waals surface area contributed by atoms with Gasteiger partial charge in [0, 0.05) is 31.7 Å². The molecular formula is C16H16N6O4. The first-order chi connectivity index (χ1) is 12.6. The summed E-state index contributed by atoms with van der Waals surface area (Å²) in [6.07, 6.45) is 4.77. The van der Waals surface area contributed by atoms with Crippen LogP contribution in [0.4, 0.5) is 11.5 Å². The number of nitrogens with zero attached hydrogens (tertiary/aromatic N) is 6. The van der Waals surface area contributed by atoms with Gasteiger partial charge in [-0.15, -0.1) is 0 Å². The van der Waals surface area contributed by atoms with Gasteiger partial charge in [-0.3, -0.25) is 24.0 Å². The van der Waals surface area contributed by atoms with Crippen molar-refractivity contribution in [3.8, 4) is 0 Å². The van der Waals surface area contributed by atoms with Crippen molar-refractivity contribution in [3.63, 3.8) is 0 Å². The second-order valence-corrected chi connectivity index (χ2v) is 5.94. The molecule has 0 aliphatic carbocycles. The average Bonchev–Trinajstić information content (AvgIpc) is 3.14. The first-order valence-corrected chi connectivity index (χ1v) is 8.13. The van der Waals surface area contributed by atoms with E-state index in [1.54, 1.807) is 34.0 Å². The fourth-order valence-electron chi connectivity index (χ4n) is 3.09. The summed E-state index contributed by atoms with van der Waals surface area (Å²) in [6.45, 7) is 1.71. The highest BCUT2D eigenvalue weighted by atomic mass is 16.6. The minimum Gasteiger partial charge on any atom is -0.373 e. The molecule has 3 aromatic rings. The second kappa shape index (κ2) is 6.56. The molecule has 0 N–H and O–H groups in total. The highest BCUT2D eigenvalue weighted by Crippen LogP contribution is 2.25. The van der Waals surface area contributed by atoms with Crippen molar-refractivity contribution >= 4 is 17.2 Å². The molecule has 26 heavy (non-hydrogen) atoms. The highest BCUT2D eigenvalue weighted by Gasteiger charge is 2.31. The van der Waals surface area contributed by atoms with Gasteiger partial charge in [-0.2, -0.15) is 5.10 Å². The normalized spacial score (nSPS) is 17.5. The van der Waals surface area contributed by atoms with Gasteiger partial charge in [-0.25, -0.2) is 4.98 Å². The number of morpholine rings is 1. The molecule has 0 radical (unpaired) electrons. The van der Waals surface area contributed by atoms with E-state index in [2.05, 4.69) is 10.1 Å². The third kappa shape index (κ3) is 2.90. The number of aromatic nitrogens is 4. The average molecular weight is 356 g/mol. The number of hydrogen-bond acceptors (Lipinski definition) is 7. The van der Waals surface area contributed by atoms with Crippen LogP contribution >= 0.6 is 0 Å². The van der Waals surface area contributed by atoms with Gasteiger partial charge in [0.1, 0.15) is 5.65 Å². The molecule has 10 nitrogen and oxygen atoms in total. The molecule has 3 aromatic heterocycles. The van der Waals surface area contributed by atoms with Crippen molar-refractivity contribution in [2.75, 3.05) is 24.6 Å². The zero-order chi connectivity index (χ0) is 18.1. The van der Waals surface area contributed by atoms with Gasteiger partial charge in [0.25, 0.3) is 0 Å². The molecule has 0 amide bonds. The zero-order valence-corrected chi connectivity index (χ0v) is 13.8. The van der Waals surface area contributed by atoms with Gasteiger partial charge in [-0.1, -0.05) is 6.07 Å². The second-order valence-electron chi connectivity index (χ2n) is 5.94. The Kier molecular flexibility index (Phi) is 4.09. The van der Waals surface area contributed by atoms with Crippen LogP contribution in [0.3, 0.4) is 0 Å². The first-order valence-electron chi connectivity index (χ1n) is 8.13. The number of nitro groups is 1. The van der Waals surface area contributed by atoms with E-state index in [4.69, 9.17) is 4.74 Å². The SMILES string of the molecule is O=c1c([N+](=O)[O-])c(N2CCOC(Cn3cccn3)C2)nc2ccccn12. The van der Waals surface area contributed by atoms with Crippen LogP contribution in [0.25, 0.3) is 5.65 Å². The first kappa shape index (κ1) is 16.2. The third-order valence-electron chi connectivity index (χ3n) is 4.26. The maximum Gasteiger partial charge on any atom is 0.376 e. The molecule has 1 atom stereocenters. The van der Waals surface area contributed by atoms with Crippen LogP contribution < -0.4 is 10.5 Å². The summed E-state index contributed by atoms with van der Waals surface area (Å²) in [6, 6.07) is 6.83. The standard InChI is InChI=1S/C16H16N6O4/c23-16-14(22(24)25)15(18-13-4-1-2-7-21(13)16)19-8-9-26-12(10-19)11-20-6-3-5-17-20/h1-7,12H,8-11H2. The fourth-order valence-corrected chi connectivity index (χ4v) is 3.09. The summed E-state index contributed by atoms with van der Waals surface area (Å²) < 4.78 is 8.66. The van der Waals surface area contributed by atoms with Gasteiger partial charge in [0.2, 0.25) is 5.82 Å². The third-order valence-corrected chi connectivity index (χ3v) is 4.26. The van der Waals surface area contributed by atoms with Crippen molar-refractivity contribution in [1.29, 1.82) is 0 Å². The van der Waals surface area contributed by atoms with E-state index in [0.717, 1.165) is 0 Å². The lowest BCUT2D eigenvalue weighted by molar-refractivity contribution is -0.385. The zero-order valence-electron chi connectivity index (χ0n) is 13.8. The lowest BCUT2D eigenvalue weighted by atomic mass is 10.2. The van der Waals surface area contributed by atoms with Crippen LogP contribution in [0.5, 0.6) is 0 Å². The molecule has 1 aliphatic rings. The summed E-state index contributed by atoms with van der Waals surface area (Å²) in [5, 5.41) is 15.7. The number of rotatable bonds is 4. The Hall–Kier alpha value is -3.27. The Morgan fingerprint density at radius 1 is 1.31 bits per heavy atom. The Bertz CT molecular complexity index is 1000. The number of hydrogen-bond donors (Lipinski definition) is 0. The van der Waals surface area contributed by atoms with E-state index in [-0.39, 0.29) is 11.9 Å². The van der Waals surface area contributed by atoms with Crippen LogP contribution in [0.2, 0.25) is 0 Å². The van der Waals surface area contributed by atoms with Crippen molar-refractivity contribution in [1.82, 2.24) is 19.2 Å². The Morgan fingerprint density at radius 3 is 2.96 bits per heavy atom. The van der Waals surface area contributed by atoms with E-state index in [1.165, 1.54) is 10.6 Å². The topological polar surface area (TPSA) is 108 Å². The van der Waals surface area contributed by atoms with Crippen LogP contribution in [0.1, 0.15) is 0 Å². The number of anilines is 1. The number of pyridine rings is 1. The molecule has 1 fully saturated rings. The molecule has 1 aliphatic heterocycles. The van der Waals surface area contributed by atoms with E-state index in [1.807, 2.05) is 12.3 Å². The summed E-state index contributed by atoms with van der Waals surface area (Å²) >= 11 is 0. The lowest BCUT2D eigenvalue weighted by Crippen LogP contribution is -2.45. The molecule has 4 heterocycles. The van der Waals surface area contributed by atoms with Crippen molar-refractivity contribution in [2.45, 2.75) is 12.6 Å². The van der Waals surface area contributed by atoms with Crippen molar-refractivity contribution in [2.24, 2.45) is 0 Å². The van der Waals surface area contributed by atoms with E-state index in [9.17, 15) is 14.9 Å². The Balaban J connectivity index is 1.72. The van der Waals surface area contributed by atoms with Gasteiger partial charge in [-0.05, 0) is 18.2 Å². The quantitative estimate of drug-likeness (QED) is 0.500. The predicted molar refractivity (Wildman–Crippen MR) is 92.3 cm³/mol. The van der Waals surface area contributed by atoms with Gasteiger partial charge in [0.05, 0.1) is 24.2 Å². The van der Waals surface area contributed by atoms with E-state index in [0.29, 0.717) is 31.9 Å². The molecule has 10 heteroatoms. The van der Waals surface area contributed by atoms with Crippen LogP contribution in [0, 0.1) is 10.1 Å². The van der Waals surface area contributed by atoms with Gasteiger partial charge >= 0.3 is 11.2 Å². The lowest BCUT2D eigenvalue weighted by Gasteiger charge is -2.33. The Labute approximate surface area is 147 Å². The van der Waals surface area contributed by atoms with Crippen LogP contribution in [0.15, 0.2) is 47.7 Å². The molecule has 0 bridgehead atoms. The molecule has 4 rings (SSSR count). The fraction of sp³-hybridized carbons (Fsp3) is 0.312. The van der Waals surface area contributed by atoms with Crippen molar-refractivity contribution < 1.29 is 9.66 Å². The summed E-state index contributed by atoms with van der Waals surface area (Å²) in [7, 11) is 0. The summed E-state index contributed by atoms with van der Waals surface area (Å²) in [4.78, 5) is 29.6. The Morgan fingerprint density at radius 2 is 2.19 bits per heavy atom. The molecule has 0 aromatic carbocycles. The molecule has 0 spiro atoms. The van der Waals surface area contributed by atoms with E-state index < -0.39 is 16.2 Å². The van der Waals surface area contributed by atoms with Gasteiger partial charge < -0.3 is 9.64 Å². The van der Waals surface area contributed by atoms with Crippen molar-refractivity contribution in [3.05, 3.63) is 63.3 Å². The molecular weight excluding hydrogens is 340 g/mol. The summed E-state index contributed by atoms with van der Waals surface area (Å²) in [5.74, 6) is 0.0833. The molecule has 134 valence electrons. The maximum atomic E-state index is 12.6. The largest absolute Gasteiger partial charge is 0.376 e. The summed E-state index contributed by atoms with van der Waals surface area (Å²) in [5.41, 5.74) is -0.840. The molecule has 1 saturated heterocycles. The molecule has 1 unspecified atom stereocenters. The highest BCUT2D eigenvalue weighted by molar-refractivity contribution is 5.61. The molecule has 0 saturated carbocycles. The monoisotopic (exact) mass is 356 g/mol. The van der Waals surface area contributed by atoms with Gasteiger partial charge in [0.15, 0.2) is 0 Å². The number of ether oxygens (including phenoxy) is 1. The number of fused-ring (bicyclic) bond motifs is 1. The van der Waals surface area contributed by atoms with E-state index >= 15 is 0 Å². The van der Waals surface area contributed by atoms with Crippen LogP contribution in [-0.4, -0.2) is 49.9 Å².